The Morgan fingerprint density at radius 3 is 2.59 bits per heavy atom. The van der Waals surface area contributed by atoms with Crippen molar-refractivity contribution in [3.8, 4) is 5.75 Å². The van der Waals surface area contributed by atoms with E-state index in [0.29, 0.717) is 16.3 Å². The summed E-state index contributed by atoms with van der Waals surface area (Å²) < 4.78 is 6.05. The first kappa shape index (κ1) is 17.4. The molecule has 1 saturated carbocycles. The molecule has 4 nitrogen and oxygen atoms in total. The van der Waals surface area contributed by atoms with E-state index < -0.39 is 0 Å². The standard InChI is InChI=1S/C16H21ClN2O2.ClH/c17-12-5-6-15(21-13-3-1-2-4-13)14(11-12)16(20)19-9-7-18-8-10-19;/h5-6,11,13,18H,1-4,7-10H2;1H. The average molecular weight is 345 g/mol. The normalized spacial score (nSPS) is 18.9. The van der Waals surface area contributed by atoms with Gasteiger partial charge in [0.1, 0.15) is 5.75 Å². The van der Waals surface area contributed by atoms with Gasteiger partial charge in [-0.1, -0.05) is 11.6 Å². The summed E-state index contributed by atoms with van der Waals surface area (Å²) in [6.45, 7) is 3.14. The number of hydrogen-bond acceptors (Lipinski definition) is 3. The number of rotatable bonds is 3. The minimum Gasteiger partial charge on any atom is -0.490 e. The summed E-state index contributed by atoms with van der Waals surface area (Å²) >= 11 is 6.08. The Bertz CT molecular complexity index is 513. The van der Waals surface area contributed by atoms with Crippen LogP contribution in [-0.2, 0) is 0 Å². The molecule has 122 valence electrons. The molecule has 1 aliphatic heterocycles. The van der Waals surface area contributed by atoms with Crippen molar-refractivity contribution in [2.75, 3.05) is 26.2 Å². The number of nitrogens with one attached hydrogen (secondary N) is 1. The molecule has 22 heavy (non-hydrogen) atoms. The average Bonchev–Trinajstić information content (AvgIpc) is 3.02. The third-order valence-corrected chi connectivity index (χ3v) is 4.41. The lowest BCUT2D eigenvalue weighted by molar-refractivity contribution is 0.0728. The molecule has 1 N–H and O–H groups in total. The van der Waals surface area contributed by atoms with Gasteiger partial charge in [0, 0.05) is 31.2 Å². The highest BCUT2D eigenvalue weighted by Gasteiger charge is 2.24. The molecular weight excluding hydrogens is 323 g/mol. The zero-order chi connectivity index (χ0) is 14.7. The molecule has 0 aromatic heterocycles. The van der Waals surface area contributed by atoms with Gasteiger partial charge in [-0.2, -0.15) is 0 Å². The molecule has 1 heterocycles. The Kier molecular flexibility index (Phi) is 6.36. The summed E-state index contributed by atoms with van der Waals surface area (Å²) in [5, 5.41) is 3.83. The Balaban J connectivity index is 0.00000176. The molecule has 1 aliphatic carbocycles. The monoisotopic (exact) mass is 344 g/mol. The minimum atomic E-state index is 0. The van der Waals surface area contributed by atoms with E-state index in [1.54, 1.807) is 12.1 Å². The lowest BCUT2D eigenvalue weighted by atomic mass is 10.1. The molecule has 0 atom stereocenters. The molecule has 1 amide bonds. The second kappa shape index (κ2) is 8.04. The van der Waals surface area contributed by atoms with Gasteiger partial charge in [0.2, 0.25) is 0 Å². The molecule has 1 aromatic carbocycles. The smallest absolute Gasteiger partial charge is 0.257 e. The van der Waals surface area contributed by atoms with Gasteiger partial charge in [-0.3, -0.25) is 4.79 Å². The molecule has 2 aliphatic rings. The first-order chi connectivity index (χ1) is 10.2. The molecule has 3 rings (SSSR count). The number of ether oxygens (including phenoxy) is 1. The summed E-state index contributed by atoms with van der Waals surface area (Å²) in [6.07, 6.45) is 4.80. The largest absolute Gasteiger partial charge is 0.490 e. The number of amides is 1. The second-order valence-corrected chi connectivity index (χ2v) is 6.14. The molecule has 0 unspecified atom stereocenters. The molecule has 0 spiro atoms. The maximum absolute atomic E-state index is 12.7. The van der Waals surface area contributed by atoms with E-state index in [-0.39, 0.29) is 24.4 Å². The lowest BCUT2D eigenvalue weighted by Crippen LogP contribution is -2.46. The predicted octanol–water partition coefficient (Wildman–Crippen LogP) is 3.13. The van der Waals surface area contributed by atoms with Gasteiger partial charge in [-0.15, -0.1) is 12.4 Å². The quantitative estimate of drug-likeness (QED) is 0.915. The highest BCUT2D eigenvalue weighted by molar-refractivity contribution is 6.31. The van der Waals surface area contributed by atoms with Crippen LogP contribution in [0.5, 0.6) is 5.75 Å². The molecule has 1 saturated heterocycles. The van der Waals surface area contributed by atoms with Crippen LogP contribution in [0.4, 0.5) is 0 Å². The van der Waals surface area contributed by atoms with Crippen molar-refractivity contribution >= 4 is 29.9 Å². The Hall–Kier alpha value is -0.970. The van der Waals surface area contributed by atoms with Gasteiger partial charge < -0.3 is 15.0 Å². The third kappa shape index (κ3) is 4.06. The van der Waals surface area contributed by atoms with Crippen molar-refractivity contribution in [1.82, 2.24) is 10.2 Å². The Morgan fingerprint density at radius 2 is 1.91 bits per heavy atom. The predicted molar refractivity (Wildman–Crippen MR) is 90.4 cm³/mol. The maximum atomic E-state index is 12.7. The number of carbonyl (C=O) groups excluding carboxylic acids is 1. The number of carbonyl (C=O) groups is 1. The van der Waals surface area contributed by atoms with Crippen LogP contribution in [0, 0.1) is 0 Å². The molecule has 2 fully saturated rings. The molecule has 0 bridgehead atoms. The van der Waals surface area contributed by atoms with Crippen LogP contribution in [0.3, 0.4) is 0 Å². The van der Waals surface area contributed by atoms with Crippen LogP contribution in [0.15, 0.2) is 18.2 Å². The maximum Gasteiger partial charge on any atom is 0.257 e. The molecule has 6 heteroatoms. The van der Waals surface area contributed by atoms with Crippen molar-refractivity contribution in [2.24, 2.45) is 0 Å². The van der Waals surface area contributed by atoms with Gasteiger partial charge in [-0.05, 0) is 43.9 Å². The van der Waals surface area contributed by atoms with Crippen LogP contribution in [0.25, 0.3) is 0 Å². The van der Waals surface area contributed by atoms with Crippen LogP contribution in [0.2, 0.25) is 5.02 Å². The number of nitrogens with zero attached hydrogens (tertiary/aromatic N) is 1. The van der Waals surface area contributed by atoms with E-state index >= 15 is 0 Å². The van der Waals surface area contributed by atoms with Crippen LogP contribution in [0.1, 0.15) is 36.0 Å². The van der Waals surface area contributed by atoms with Crippen molar-refractivity contribution in [3.05, 3.63) is 28.8 Å². The SMILES string of the molecule is Cl.O=C(c1cc(Cl)ccc1OC1CCCC1)N1CCNCC1. The van der Waals surface area contributed by atoms with Gasteiger partial charge in [0.25, 0.3) is 5.91 Å². The van der Waals surface area contributed by atoms with Crippen molar-refractivity contribution in [3.63, 3.8) is 0 Å². The zero-order valence-corrected chi connectivity index (χ0v) is 14.1. The number of piperazine rings is 1. The zero-order valence-electron chi connectivity index (χ0n) is 12.5. The Labute approximate surface area is 142 Å². The lowest BCUT2D eigenvalue weighted by Gasteiger charge is -2.28. The Morgan fingerprint density at radius 1 is 1.23 bits per heavy atom. The fourth-order valence-electron chi connectivity index (χ4n) is 3.00. The van der Waals surface area contributed by atoms with Crippen LogP contribution in [-0.4, -0.2) is 43.1 Å². The molecular formula is C16H22Cl2N2O2. The van der Waals surface area contributed by atoms with Gasteiger partial charge in [-0.25, -0.2) is 0 Å². The van der Waals surface area contributed by atoms with Gasteiger partial charge >= 0.3 is 0 Å². The fourth-order valence-corrected chi connectivity index (χ4v) is 3.17. The molecule has 0 radical (unpaired) electrons. The summed E-state index contributed by atoms with van der Waals surface area (Å²) in [4.78, 5) is 14.6. The van der Waals surface area contributed by atoms with E-state index in [1.807, 2.05) is 11.0 Å². The van der Waals surface area contributed by atoms with E-state index in [2.05, 4.69) is 5.32 Å². The highest BCUT2D eigenvalue weighted by Crippen LogP contribution is 2.29. The van der Waals surface area contributed by atoms with E-state index in [4.69, 9.17) is 16.3 Å². The molecule has 1 aromatic rings. The summed E-state index contributed by atoms with van der Waals surface area (Å²) in [5.41, 5.74) is 0.594. The summed E-state index contributed by atoms with van der Waals surface area (Å²) in [6, 6.07) is 5.35. The second-order valence-electron chi connectivity index (χ2n) is 5.71. The third-order valence-electron chi connectivity index (χ3n) is 4.17. The van der Waals surface area contributed by atoms with E-state index in [1.165, 1.54) is 12.8 Å². The topological polar surface area (TPSA) is 41.6 Å². The fraction of sp³-hybridized carbons (Fsp3) is 0.562. The number of benzene rings is 1. The highest BCUT2D eigenvalue weighted by atomic mass is 35.5. The van der Waals surface area contributed by atoms with Crippen molar-refractivity contribution < 1.29 is 9.53 Å². The van der Waals surface area contributed by atoms with E-state index in [9.17, 15) is 4.79 Å². The minimum absolute atomic E-state index is 0. The summed E-state index contributed by atoms with van der Waals surface area (Å²) in [7, 11) is 0. The van der Waals surface area contributed by atoms with Crippen LogP contribution < -0.4 is 10.1 Å². The first-order valence-electron chi connectivity index (χ1n) is 7.70. The number of hydrogen-bond donors (Lipinski definition) is 1. The van der Waals surface area contributed by atoms with E-state index in [0.717, 1.165) is 39.0 Å². The van der Waals surface area contributed by atoms with Crippen LogP contribution >= 0.6 is 24.0 Å². The number of halogens is 2. The van der Waals surface area contributed by atoms with Crippen molar-refractivity contribution in [1.29, 1.82) is 0 Å². The van der Waals surface area contributed by atoms with Gasteiger partial charge in [0.15, 0.2) is 0 Å². The van der Waals surface area contributed by atoms with Gasteiger partial charge in [0.05, 0.1) is 11.7 Å². The van der Waals surface area contributed by atoms with Crippen molar-refractivity contribution in [2.45, 2.75) is 31.8 Å². The first-order valence-corrected chi connectivity index (χ1v) is 8.08. The summed E-state index contributed by atoms with van der Waals surface area (Å²) in [5.74, 6) is 0.696.